The van der Waals surface area contributed by atoms with Gasteiger partial charge in [0.2, 0.25) is 5.75 Å². The van der Waals surface area contributed by atoms with Crippen LogP contribution in [0.4, 0.5) is 9.59 Å². The number of nitrogens with two attached hydrogens (primary N) is 2. The van der Waals surface area contributed by atoms with E-state index < -0.39 is 18.1 Å². The molecule has 0 saturated carbocycles. The summed E-state index contributed by atoms with van der Waals surface area (Å²) in [7, 11) is 0. The Morgan fingerprint density at radius 1 is 1.31 bits per heavy atom. The van der Waals surface area contributed by atoms with Gasteiger partial charge in [0.25, 0.3) is 0 Å². The third-order valence-corrected chi connectivity index (χ3v) is 0.911. The smallest absolute Gasteiger partial charge is 0.401 e. The summed E-state index contributed by atoms with van der Waals surface area (Å²) in [6, 6.07) is 0. The number of hydrogen-bond acceptors (Lipinski definition) is 6. The molecule has 0 bridgehead atoms. The quantitative estimate of drug-likeness (QED) is 0.646. The van der Waals surface area contributed by atoms with Crippen LogP contribution < -0.4 is 20.9 Å². The lowest BCUT2D eigenvalue weighted by atomic mass is 10.6. The number of carbonyl (C=O) groups excluding carboxylic acids is 2. The largest absolute Gasteiger partial charge is 0.412 e. The molecule has 0 fully saturated rings. The molecule has 4 N–H and O–H groups in total. The van der Waals surface area contributed by atoms with E-state index in [1.54, 1.807) is 0 Å². The number of aromatic nitrogens is 1. The molecule has 1 rings (SSSR count). The Hall–Kier alpha value is -2.25. The fourth-order valence-corrected chi connectivity index (χ4v) is 0.556. The second-order valence-corrected chi connectivity index (χ2v) is 1.82. The number of ether oxygens (including phenoxy) is 2. The summed E-state index contributed by atoms with van der Waals surface area (Å²) in [5.41, 5.74) is 9.34. The van der Waals surface area contributed by atoms with Gasteiger partial charge in [0.15, 0.2) is 0 Å². The van der Waals surface area contributed by atoms with Crippen LogP contribution in [0.15, 0.2) is 10.7 Å². The highest BCUT2D eigenvalue weighted by Gasteiger charge is 2.15. The van der Waals surface area contributed by atoms with Gasteiger partial charge in [0.05, 0.1) is 0 Å². The van der Waals surface area contributed by atoms with Crippen LogP contribution in [0.1, 0.15) is 0 Å². The van der Waals surface area contributed by atoms with Gasteiger partial charge in [0, 0.05) is 0 Å². The molecule has 0 aliphatic carbocycles. The zero-order valence-corrected chi connectivity index (χ0v) is 6.22. The fourth-order valence-electron chi connectivity index (χ4n) is 0.556. The summed E-state index contributed by atoms with van der Waals surface area (Å²) in [5.74, 6) is -0.641. The topological polar surface area (TPSA) is 131 Å². The minimum atomic E-state index is -1.12. The molecule has 0 atom stereocenters. The first kappa shape index (κ1) is 8.84. The maximum atomic E-state index is 10.3. The number of carbonyl (C=O) groups is 2. The predicted molar refractivity (Wildman–Crippen MR) is 36.9 cm³/mol. The lowest BCUT2D eigenvalue weighted by Gasteiger charge is -1.97. The molecule has 13 heavy (non-hydrogen) atoms. The van der Waals surface area contributed by atoms with Crippen molar-refractivity contribution in [3.05, 3.63) is 6.20 Å². The third kappa shape index (κ3) is 2.36. The summed E-state index contributed by atoms with van der Waals surface area (Å²) in [6.45, 7) is 0. The molecule has 1 aromatic rings. The molecule has 1 heterocycles. The van der Waals surface area contributed by atoms with Crippen molar-refractivity contribution >= 4 is 12.2 Å². The summed E-state index contributed by atoms with van der Waals surface area (Å²) in [6.07, 6.45) is -1.20. The van der Waals surface area contributed by atoms with E-state index in [1.807, 2.05) is 0 Å². The van der Waals surface area contributed by atoms with E-state index in [0.717, 1.165) is 6.20 Å². The first-order chi connectivity index (χ1) is 6.09. The third-order valence-electron chi connectivity index (χ3n) is 0.911. The van der Waals surface area contributed by atoms with Crippen LogP contribution in [0.2, 0.25) is 0 Å². The van der Waals surface area contributed by atoms with E-state index in [-0.39, 0.29) is 5.75 Å². The van der Waals surface area contributed by atoms with Gasteiger partial charge in [-0.15, -0.1) is 0 Å². The van der Waals surface area contributed by atoms with Crippen LogP contribution in [0.5, 0.6) is 11.7 Å². The molecule has 0 radical (unpaired) electrons. The average Bonchev–Trinajstić information content (AvgIpc) is 2.34. The Bertz CT molecular complexity index is 302. The molecule has 0 spiro atoms. The first-order valence-electron chi connectivity index (χ1n) is 2.99. The summed E-state index contributed by atoms with van der Waals surface area (Å²) < 4.78 is 13.0. The maximum absolute atomic E-state index is 10.3. The van der Waals surface area contributed by atoms with Gasteiger partial charge in [-0.25, -0.2) is 9.59 Å². The van der Waals surface area contributed by atoms with E-state index in [2.05, 4.69) is 30.6 Å². The van der Waals surface area contributed by atoms with Crippen LogP contribution in [-0.2, 0) is 0 Å². The second kappa shape index (κ2) is 3.43. The van der Waals surface area contributed by atoms with Crippen molar-refractivity contribution in [2.24, 2.45) is 11.5 Å². The Balaban J connectivity index is 2.76. The van der Waals surface area contributed by atoms with E-state index in [1.165, 1.54) is 0 Å². The molecular weight excluding hydrogens is 182 g/mol. The summed E-state index contributed by atoms with van der Waals surface area (Å²) >= 11 is 0. The number of hydrogen-bond donors (Lipinski definition) is 2. The standard InChI is InChI=1S/C5H5N3O5/c6-4(9)11-2-1-8-13-3(2)12-5(7)10/h1H,(H2,6,9)(H2,7,10). The van der Waals surface area contributed by atoms with Crippen LogP contribution in [-0.4, -0.2) is 17.3 Å². The molecule has 0 aliphatic rings. The highest BCUT2D eigenvalue weighted by atomic mass is 16.7. The fraction of sp³-hybridized carbons (Fsp3) is 0. The Kier molecular flexibility index (Phi) is 2.33. The normalized spacial score (nSPS) is 9.23. The molecule has 0 aliphatic heterocycles. The molecule has 8 nitrogen and oxygen atoms in total. The van der Waals surface area contributed by atoms with Gasteiger partial charge < -0.3 is 25.5 Å². The SMILES string of the molecule is NC(=O)Oc1cnoc1OC(N)=O. The molecular formula is C5H5N3O5. The number of rotatable bonds is 2. The Morgan fingerprint density at radius 2 is 1.92 bits per heavy atom. The minimum absolute atomic E-state index is 0.216. The first-order valence-corrected chi connectivity index (χ1v) is 2.99. The molecule has 1 aromatic heterocycles. The van der Waals surface area contributed by atoms with E-state index in [9.17, 15) is 9.59 Å². The number of primary amides is 2. The van der Waals surface area contributed by atoms with Crippen LogP contribution in [0.25, 0.3) is 0 Å². The van der Waals surface area contributed by atoms with Crippen LogP contribution in [0.3, 0.4) is 0 Å². The van der Waals surface area contributed by atoms with E-state index >= 15 is 0 Å². The maximum Gasteiger partial charge on any atom is 0.412 e. The zero-order valence-electron chi connectivity index (χ0n) is 6.22. The van der Waals surface area contributed by atoms with Crippen LogP contribution >= 0.6 is 0 Å². The van der Waals surface area contributed by atoms with Crippen molar-refractivity contribution in [1.29, 1.82) is 0 Å². The van der Waals surface area contributed by atoms with Crippen molar-refractivity contribution < 1.29 is 23.6 Å². The van der Waals surface area contributed by atoms with Gasteiger partial charge in [0.1, 0.15) is 6.20 Å². The monoisotopic (exact) mass is 187 g/mol. The minimum Gasteiger partial charge on any atom is -0.401 e. The van der Waals surface area contributed by atoms with Gasteiger partial charge in [-0.05, 0) is 0 Å². The molecule has 0 saturated heterocycles. The van der Waals surface area contributed by atoms with Crippen molar-refractivity contribution in [3.63, 3.8) is 0 Å². The van der Waals surface area contributed by atoms with Gasteiger partial charge >= 0.3 is 18.1 Å². The molecule has 2 amide bonds. The van der Waals surface area contributed by atoms with Gasteiger partial charge in [-0.3, -0.25) is 0 Å². The van der Waals surface area contributed by atoms with Crippen molar-refractivity contribution in [1.82, 2.24) is 5.16 Å². The van der Waals surface area contributed by atoms with Crippen LogP contribution in [0, 0.1) is 0 Å². The molecule has 0 unspecified atom stereocenters. The Morgan fingerprint density at radius 3 is 2.46 bits per heavy atom. The highest BCUT2D eigenvalue weighted by molar-refractivity contribution is 5.71. The number of amides is 2. The number of nitrogens with zero attached hydrogens (tertiary/aromatic N) is 1. The highest BCUT2D eigenvalue weighted by Crippen LogP contribution is 2.25. The van der Waals surface area contributed by atoms with Gasteiger partial charge in [-0.2, -0.15) is 0 Å². The molecule has 8 heteroatoms. The molecule has 70 valence electrons. The van der Waals surface area contributed by atoms with Crippen molar-refractivity contribution in [2.45, 2.75) is 0 Å². The second-order valence-electron chi connectivity index (χ2n) is 1.82. The summed E-state index contributed by atoms with van der Waals surface area (Å²) in [4.78, 5) is 20.5. The zero-order chi connectivity index (χ0) is 9.84. The van der Waals surface area contributed by atoms with Crippen molar-refractivity contribution in [2.75, 3.05) is 0 Å². The Labute approximate surface area is 71.4 Å². The average molecular weight is 187 g/mol. The predicted octanol–water partition coefficient (Wildman–Crippen LogP) is -0.410. The lowest BCUT2D eigenvalue weighted by molar-refractivity contribution is 0.182. The molecule has 0 aromatic carbocycles. The van der Waals surface area contributed by atoms with E-state index in [4.69, 9.17) is 0 Å². The van der Waals surface area contributed by atoms with E-state index in [0.29, 0.717) is 0 Å². The summed E-state index contributed by atoms with van der Waals surface area (Å²) in [5, 5.41) is 3.19. The van der Waals surface area contributed by atoms with Gasteiger partial charge in [-0.1, -0.05) is 5.16 Å². The van der Waals surface area contributed by atoms with Crippen molar-refractivity contribution in [3.8, 4) is 11.7 Å². The lowest BCUT2D eigenvalue weighted by Crippen LogP contribution is -2.19.